The van der Waals surface area contributed by atoms with Crippen molar-refractivity contribution in [3.63, 3.8) is 0 Å². The highest BCUT2D eigenvalue weighted by molar-refractivity contribution is 6.39. The number of carbonyl (C=O) groups is 2. The molecular weight excluding hydrogens is 325 g/mol. The molecule has 1 saturated heterocycles. The molecule has 0 aromatic heterocycles. The third-order valence-electron chi connectivity index (χ3n) is 3.17. The number of nitrogens with zero attached hydrogens (tertiary/aromatic N) is 1. The first-order valence-corrected chi connectivity index (χ1v) is 6.71. The molecule has 1 aliphatic rings. The molecule has 5 nitrogen and oxygen atoms in total. The Morgan fingerprint density at radius 1 is 1.36 bits per heavy atom. The average Bonchev–Trinajstić information content (AvgIpc) is 2.85. The van der Waals surface area contributed by atoms with Gasteiger partial charge in [0.25, 0.3) is 0 Å². The van der Waals surface area contributed by atoms with E-state index in [0.29, 0.717) is 12.5 Å². The molecule has 2 rings (SSSR count). The van der Waals surface area contributed by atoms with Crippen molar-refractivity contribution >= 4 is 29.1 Å². The van der Waals surface area contributed by atoms with E-state index in [4.69, 9.17) is 11.6 Å². The summed E-state index contributed by atoms with van der Waals surface area (Å²) in [5, 5.41) is 10.9. The molecule has 22 heavy (non-hydrogen) atoms. The molecule has 0 bridgehead atoms. The molecule has 0 radical (unpaired) electrons. The summed E-state index contributed by atoms with van der Waals surface area (Å²) in [6.45, 7) is 0.252. The second kappa shape index (κ2) is 6.13. The van der Waals surface area contributed by atoms with Crippen LogP contribution in [0.15, 0.2) is 18.2 Å². The van der Waals surface area contributed by atoms with Gasteiger partial charge in [-0.2, -0.15) is 13.2 Å². The van der Waals surface area contributed by atoms with Crippen LogP contribution in [-0.2, 0) is 15.8 Å². The summed E-state index contributed by atoms with van der Waals surface area (Å²) >= 11 is 5.46. The van der Waals surface area contributed by atoms with E-state index in [2.05, 4.69) is 5.32 Å². The van der Waals surface area contributed by atoms with E-state index in [1.54, 1.807) is 0 Å². The fourth-order valence-electron chi connectivity index (χ4n) is 2.07. The van der Waals surface area contributed by atoms with E-state index in [0.717, 1.165) is 11.0 Å². The molecule has 1 aromatic rings. The molecular formula is C13H12ClF3N2O3. The number of amides is 2. The van der Waals surface area contributed by atoms with Crippen molar-refractivity contribution < 1.29 is 27.9 Å². The maximum atomic E-state index is 12.7. The fourth-order valence-corrected chi connectivity index (χ4v) is 2.30. The van der Waals surface area contributed by atoms with Crippen molar-refractivity contribution in [2.75, 3.05) is 18.4 Å². The van der Waals surface area contributed by atoms with Crippen molar-refractivity contribution in [2.24, 2.45) is 0 Å². The van der Waals surface area contributed by atoms with Gasteiger partial charge in [0.05, 0.1) is 16.7 Å². The standard InChI is InChI=1S/C13H12ClF3N2O3/c14-10-2-1-7(5-9(10)13(15,16)17)18-11(21)12(22)19-4-3-8(20)6-19/h1-2,5,8,20H,3-4,6H2,(H,18,21)/t8-/m1/s1. The molecule has 1 aliphatic heterocycles. The SMILES string of the molecule is O=C(Nc1ccc(Cl)c(C(F)(F)F)c1)C(=O)N1CC[C@@H](O)C1. The molecule has 120 valence electrons. The molecule has 2 N–H and O–H groups in total. The summed E-state index contributed by atoms with van der Waals surface area (Å²) in [5.74, 6) is -1.97. The Morgan fingerprint density at radius 3 is 2.59 bits per heavy atom. The van der Waals surface area contributed by atoms with Crippen LogP contribution in [0.25, 0.3) is 0 Å². The number of carbonyl (C=O) groups excluding carboxylic acids is 2. The molecule has 0 spiro atoms. The number of aliphatic hydroxyl groups is 1. The van der Waals surface area contributed by atoms with Crippen LogP contribution in [0.5, 0.6) is 0 Å². The molecule has 0 unspecified atom stereocenters. The van der Waals surface area contributed by atoms with Crippen LogP contribution in [-0.4, -0.2) is 41.0 Å². The molecule has 0 saturated carbocycles. The van der Waals surface area contributed by atoms with E-state index < -0.39 is 34.7 Å². The third kappa shape index (κ3) is 3.69. The number of likely N-dealkylation sites (tertiary alicyclic amines) is 1. The number of halogens is 4. The second-order valence-electron chi connectivity index (χ2n) is 4.84. The van der Waals surface area contributed by atoms with Crippen LogP contribution < -0.4 is 5.32 Å². The minimum absolute atomic E-state index is 0.0284. The zero-order valence-corrected chi connectivity index (χ0v) is 11.9. The number of nitrogens with one attached hydrogen (secondary N) is 1. The van der Waals surface area contributed by atoms with Crippen LogP contribution in [0.4, 0.5) is 18.9 Å². The highest BCUT2D eigenvalue weighted by Crippen LogP contribution is 2.36. The quantitative estimate of drug-likeness (QED) is 0.769. The van der Waals surface area contributed by atoms with Crippen LogP contribution in [0.3, 0.4) is 0 Å². The lowest BCUT2D eigenvalue weighted by molar-refractivity contribution is -0.142. The summed E-state index contributed by atoms with van der Waals surface area (Å²) in [7, 11) is 0. The number of benzene rings is 1. The van der Waals surface area contributed by atoms with Gasteiger partial charge in [-0.1, -0.05) is 11.6 Å². The minimum Gasteiger partial charge on any atom is -0.391 e. The van der Waals surface area contributed by atoms with Crippen LogP contribution >= 0.6 is 11.6 Å². The Bertz CT molecular complexity index is 607. The minimum atomic E-state index is -4.67. The van der Waals surface area contributed by atoms with E-state index >= 15 is 0 Å². The number of anilines is 1. The first-order chi connectivity index (χ1) is 10.2. The summed E-state index contributed by atoms with van der Waals surface area (Å²) in [5.41, 5.74) is -1.29. The van der Waals surface area contributed by atoms with Gasteiger partial charge in [-0.15, -0.1) is 0 Å². The highest BCUT2D eigenvalue weighted by atomic mass is 35.5. The zero-order chi connectivity index (χ0) is 16.5. The van der Waals surface area contributed by atoms with Gasteiger partial charge in [0.2, 0.25) is 0 Å². The summed E-state index contributed by atoms with van der Waals surface area (Å²) in [4.78, 5) is 24.7. The van der Waals surface area contributed by atoms with Crippen molar-refractivity contribution in [1.82, 2.24) is 4.90 Å². The van der Waals surface area contributed by atoms with Gasteiger partial charge in [-0.3, -0.25) is 9.59 Å². The maximum absolute atomic E-state index is 12.7. The molecule has 2 amide bonds. The largest absolute Gasteiger partial charge is 0.417 e. The molecule has 1 atom stereocenters. The number of aliphatic hydroxyl groups excluding tert-OH is 1. The molecule has 9 heteroatoms. The van der Waals surface area contributed by atoms with Crippen molar-refractivity contribution in [3.8, 4) is 0 Å². The van der Waals surface area contributed by atoms with Crippen LogP contribution in [0.1, 0.15) is 12.0 Å². The smallest absolute Gasteiger partial charge is 0.391 e. The predicted octanol–water partition coefficient (Wildman–Crippen LogP) is 1.89. The van der Waals surface area contributed by atoms with Crippen molar-refractivity contribution in [3.05, 3.63) is 28.8 Å². The molecule has 1 aromatic carbocycles. The van der Waals surface area contributed by atoms with Crippen molar-refractivity contribution in [1.29, 1.82) is 0 Å². The zero-order valence-electron chi connectivity index (χ0n) is 11.2. The van der Waals surface area contributed by atoms with Gasteiger partial charge < -0.3 is 15.3 Å². The van der Waals surface area contributed by atoms with E-state index in [-0.39, 0.29) is 18.8 Å². The highest BCUT2D eigenvalue weighted by Gasteiger charge is 2.34. The number of rotatable bonds is 1. The lowest BCUT2D eigenvalue weighted by atomic mass is 10.2. The van der Waals surface area contributed by atoms with Gasteiger partial charge in [0.15, 0.2) is 0 Å². The van der Waals surface area contributed by atoms with Gasteiger partial charge >= 0.3 is 18.0 Å². The monoisotopic (exact) mass is 336 g/mol. The Morgan fingerprint density at radius 2 is 2.05 bits per heavy atom. The normalized spacial score (nSPS) is 18.4. The number of alkyl halides is 3. The molecule has 1 fully saturated rings. The van der Waals surface area contributed by atoms with Crippen LogP contribution in [0, 0.1) is 0 Å². The second-order valence-corrected chi connectivity index (χ2v) is 5.25. The Labute approximate surface area is 128 Å². The van der Waals surface area contributed by atoms with Crippen molar-refractivity contribution in [2.45, 2.75) is 18.7 Å². The molecule has 0 aliphatic carbocycles. The van der Waals surface area contributed by atoms with E-state index in [1.807, 2.05) is 0 Å². The van der Waals surface area contributed by atoms with E-state index in [9.17, 15) is 27.9 Å². The average molecular weight is 337 g/mol. The fraction of sp³-hybridized carbons (Fsp3) is 0.385. The Balaban J connectivity index is 2.10. The number of β-amino-alcohol motifs (C(OH)–C–C–N with tert-alkyl or cyclic N) is 1. The Kier molecular flexibility index (Phi) is 4.62. The summed E-state index contributed by atoms with van der Waals surface area (Å²) < 4.78 is 38.1. The maximum Gasteiger partial charge on any atom is 0.417 e. The number of hydrogen-bond donors (Lipinski definition) is 2. The van der Waals surface area contributed by atoms with Gasteiger partial charge in [-0.25, -0.2) is 0 Å². The Hall–Kier alpha value is -1.80. The lowest BCUT2D eigenvalue weighted by Gasteiger charge is -2.15. The predicted molar refractivity (Wildman–Crippen MR) is 72.3 cm³/mol. The van der Waals surface area contributed by atoms with E-state index in [1.165, 1.54) is 6.07 Å². The first-order valence-electron chi connectivity index (χ1n) is 6.33. The van der Waals surface area contributed by atoms with Crippen LogP contribution in [0.2, 0.25) is 5.02 Å². The van der Waals surface area contributed by atoms with Gasteiger partial charge in [-0.05, 0) is 24.6 Å². The molecule has 1 heterocycles. The summed E-state index contributed by atoms with van der Waals surface area (Å²) in [6, 6.07) is 2.82. The first kappa shape index (κ1) is 16.6. The van der Waals surface area contributed by atoms with Gasteiger partial charge in [0, 0.05) is 18.8 Å². The number of hydrogen-bond acceptors (Lipinski definition) is 3. The van der Waals surface area contributed by atoms with Gasteiger partial charge in [0.1, 0.15) is 0 Å². The summed E-state index contributed by atoms with van der Waals surface area (Å²) in [6.07, 6.45) is -5.00. The third-order valence-corrected chi connectivity index (χ3v) is 3.50. The topological polar surface area (TPSA) is 69.6 Å². The lowest BCUT2D eigenvalue weighted by Crippen LogP contribution is -2.38.